The van der Waals surface area contributed by atoms with Gasteiger partial charge in [0.25, 0.3) is 0 Å². The Bertz CT molecular complexity index is 454. The molecule has 1 N–H and O–H groups in total. The molecule has 0 heterocycles. The molecule has 0 aromatic carbocycles. The highest BCUT2D eigenvalue weighted by Gasteiger charge is 2.53. The highest BCUT2D eigenvalue weighted by molar-refractivity contribution is 6.69. The number of hydrogen-bond acceptors (Lipinski definition) is 2. The van der Waals surface area contributed by atoms with Gasteiger partial charge >= 0.3 is 5.97 Å². The van der Waals surface area contributed by atoms with Gasteiger partial charge in [-0.25, -0.2) is 4.79 Å². The number of aliphatic carboxylic acids is 1. The Hall–Kier alpha value is -0.613. The van der Waals surface area contributed by atoms with Gasteiger partial charge in [-0.1, -0.05) is 26.3 Å². The minimum absolute atomic E-state index is 0.312. The molecule has 0 amide bonds. The van der Waals surface area contributed by atoms with Crippen molar-refractivity contribution in [3.63, 3.8) is 0 Å². The molecule has 0 saturated heterocycles. The van der Waals surface area contributed by atoms with Crippen LogP contribution in [-0.4, -0.2) is 25.5 Å². The summed E-state index contributed by atoms with van der Waals surface area (Å²) in [5.74, 6) is 0.805. The number of rotatable bonds is 6. The van der Waals surface area contributed by atoms with Crippen LogP contribution in [0.2, 0.25) is 19.6 Å². The molecule has 132 valence electrons. The number of fused-ring (bicyclic) bond motifs is 1. The first-order chi connectivity index (χ1) is 10.7. The van der Waals surface area contributed by atoms with E-state index >= 15 is 0 Å². The van der Waals surface area contributed by atoms with Crippen LogP contribution in [0, 0.1) is 23.2 Å². The van der Waals surface area contributed by atoms with Crippen LogP contribution >= 0.6 is 0 Å². The van der Waals surface area contributed by atoms with E-state index in [1.807, 2.05) is 6.08 Å². The van der Waals surface area contributed by atoms with Crippen molar-refractivity contribution in [3.8, 4) is 0 Å². The largest absolute Gasteiger partial charge is 0.478 e. The molecular weight excluding hydrogens is 304 g/mol. The summed E-state index contributed by atoms with van der Waals surface area (Å²) in [4.78, 5) is 10.9. The Morgan fingerprint density at radius 3 is 2.61 bits per heavy atom. The average Bonchev–Trinajstić information content (AvgIpc) is 2.76. The third-order valence-corrected chi connectivity index (χ3v) is 7.12. The first-order valence-electron chi connectivity index (χ1n) is 9.26. The molecule has 2 aliphatic rings. The third kappa shape index (κ3) is 4.27. The van der Waals surface area contributed by atoms with Crippen molar-refractivity contribution in [1.29, 1.82) is 0 Å². The van der Waals surface area contributed by atoms with Gasteiger partial charge in [-0.15, -0.1) is 0 Å². The van der Waals surface area contributed by atoms with Crippen molar-refractivity contribution in [2.45, 2.75) is 78.1 Å². The summed E-state index contributed by atoms with van der Waals surface area (Å²) in [6.45, 7) is 11.5. The van der Waals surface area contributed by atoms with E-state index in [9.17, 15) is 4.79 Å². The summed E-state index contributed by atoms with van der Waals surface area (Å²) in [7, 11) is -1.52. The SMILES string of the molecule is CC[C@H](C=CC(=O)O)[C@H]1CCC2C(O[Si](C)(C)C)CCC[C@]21C. The van der Waals surface area contributed by atoms with Crippen molar-refractivity contribution >= 4 is 14.3 Å². The Labute approximate surface area is 142 Å². The van der Waals surface area contributed by atoms with E-state index in [2.05, 4.69) is 33.5 Å². The molecule has 2 saturated carbocycles. The molecule has 4 heteroatoms. The maximum absolute atomic E-state index is 10.9. The Kier molecular flexibility index (Phi) is 5.78. The molecule has 23 heavy (non-hydrogen) atoms. The summed E-state index contributed by atoms with van der Waals surface area (Å²) in [5, 5.41) is 8.96. The van der Waals surface area contributed by atoms with E-state index < -0.39 is 14.3 Å². The van der Waals surface area contributed by atoms with Gasteiger partial charge < -0.3 is 9.53 Å². The zero-order valence-electron chi connectivity index (χ0n) is 15.5. The molecule has 0 radical (unpaired) electrons. The normalized spacial score (nSPS) is 36.1. The van der Waals surface area contributed by atoms with Gasteiger partial charge in [-0.2, -0.15) is 0 Å². The van der Waals surface area contributed by atoms with Gasteiger partial charge in [0.1, 0.15) is 0 Å². The van der Waals surface area contributed by atoms with E-state index in [-0.39, 0.29) is 0 Å². The molecule has 3 nitrogen and oxygen atoms in total. The van der Waals surface area contributed by atoms with Crippen molar-refractivity contribution in [2.24, 2.45) is 23.2 Å². The summed E-state index contributed by atoms with van der Waals surface area (Å²) >= 11 is 0. The quantitative estimate of drug-likeness (QED) is 0.542. The average molecular weight is 339 g/mol. The first-order valence-corrected chi connectivity index (χ1v) is 12.7. The van der Waals surface area contributed by atoms with Crippen molar-refractivity contribution in [2.75, 3.05) is 0 Å². The number of hydrogen-bond donors (Lipinski definition) is 1. The van der Waals surface area contributed by atoms with Crippen molar-refractivity contribution in [1.82, 2.24) is 0 Å². The molecule has 0 bridgehead atoms. The molecule has 5 atom stereocenters. The van der Waals surface area contributed by atoms with Gasteiger partial charge in [0, 0.05) is 12.2 Å². The predicted octanol–water partition coefficient (Wildman–Crippen LogP) is 5.09. The van der Waals surface area contributed by atoms with Crippen LogP contribution in [0.1, 0.15) is 52.4 Å². The molecular formula is C19H34O3Si. The van der Waals surface area contributed by atoms with Gasteiger partial charge in [0.2, 0.25) is 0 Å². The van der Waals surface area contributed by atoms with Gasteiger partial charge in [0.15, 0.2) is 8.32 Å². The predicted molar refractivity (Wildman–Crippen MR) is 96.9 cm³/mol. The van der Waals surface area contributed by atoms with Crippen molar-refractivity contribution < 1.29 is 14.3 Å². The molecule has 0 aromatic rings. The second kappa shape index (κ2) is 7.10. The lowest BCUT2D eigenvalue weighted by atomic mass is 9.61. The van der Waals surface area contributed by atoms with E-state index in [0.717, 1.165) is 6.42 Å². The van der Waals surface area contributed by atoms with Crippen LogP contribution in [0.4, 0.5) is 0 Å². The lowest BCUT2D eigenvalue weighted by molar-refractivity contribution is -0.131. The maximum atomic E-state index is 10.9. The van der Waals surface area contributed by atoms with E-state index in [4.69, 9.17) is 9.53 Å². The van der Waals surface area contributed by atoms with Gasteiger partial charge in [0.05, 0.1) is 0 Å². The lowest BCUT2D eigenvalue weighted by Crippen LogP contribution is -2.46. The molecule has 0 spiro atoms. The first kappa shape index (κ1) is 18.7. The standard InChI is InChI=1S/C19H34O3Si/c1-6-14(9-12-18(20)21)15-10-11-16-17(22-23(3,4)5)8-7-13-19(15,16)2/h9,12,14-17H,6-8,10-11,13H2,1-5H3,(H,20,21)/t14-,15-,16?,17?,19+/m1/s1. The highest BCUT2D eigenvalue weighted by atomic mass is 28.4. The van der Waals surface area contributed by atoms with Crippen LogP contribution in [-0.2, 0) is 9.22 Å². The summed E-state index contributed by atoms with van der Waals surface area (Å²) in [5.41, 5.74) is 0.312. The van der Waals surface area contributed by atoms with Crippen LogP contribution in [0.15, 0.2) is 12.2 Å². The number of carbonyl (C=O) groups is 1. The number of carboxylic acids is 1. The minimum Gasteiger partial charge on any atom is -0.478 e. The molecule has 0 aromatic heterocycles. The second-order valence-electron chi connectivity index (χ2n) is 8.73. The second-order valence-corrected chi connectivity index (χ2v) is 13.2. The van der Waals surface area contributed by atoms with Gasteiger partial charge in [-0.05, 0) is 74.9 Å². The summed E-state index contributed by atoms with van der Waals surface area (Å²) < 4.78 is 6.54. The summed E-state index contributed by atoms with van der Waals surface area (Å²) in [6.07, 6.45) is 10.9. The van der Waals surface area contributed by atoms with Crippen LogP contribution < -0.4 is 0 Å². The minimum atomic E-state index is -1.52. The smallest absolute Gasteiger partial charge is 0.327 e. The molecule has 2 aliphatic carbocycles. The van der Waals surface area contributed by atoms with Crippen LogP contribution in [0.3, 0.4) is 0 Å². The fourth-order valence-electron chi connectivity index (χ4n) is 5.22. The van der Waals surface area contributed by atoms with Crippen LogP contribution in [0.25, 0.3) is 0 Å². The molecule has 2 rings (SSSR count). The van der Waals surface area contributed by atoms with Crippen molar-refractivity contribution in [3.05, 3.63) is 12.2 Å². The molecule has 2 fully saturated rings. The van der Waals surface area contributed by atoms with E-state index in [1.165, 1.54) is 38.2 Å². The maximum Gasteiger partial charge on any atom is 0.327 e. The zero-order chi connectivity index (χ0) is 17.3. The number of carboxylic acid groups (broad SMARTS) is 1. The zero-order valence-corrected chi connectivity index (χ0v) is 16.5. The lowest BCUT2D eigenvalue weighted by Gasteiger charge is -2.48. The fourth-order valence-corrected chi connectivity index (χ4v) is 6.41. The van der Waals surface area contributed by atoms with E-state index in [1.54, 1.807) is 0 Å². The van der Waals surface area contributed by atoms with Gasteiger partial charge in [-0.3, -0.25) is 0 Å². The fraction of sp³-hybridized carbons (Fsp3) is 0.842. The molecule has 2 unspecified atom stereocenters. The van der Waals surface area contributed by atoms with Crippen LogP contribution in [0.5, 0.6) is 0 Å². The van der Waals surface area contributed by atoms with E-state index in [0.29, 0.717) is 29.3 Å². The third-order valence-electron chi connectivity index (χ3n) is 6.11. The number of allylic oxidation sites excluding steroid dienone is 1. The Balaban J connectivity index is 2.18. The summed E-state index contributed by atoms with van der Waals surface area (Å²) in [6, 6.07) is 0. The Morgan fingerprint density at radius 2 is 2.04 bits per heavy atom. The highest BCUT2D eigenvalue weighted by Crippen LogP contribution is 2.59. The monoisotopic (exact) mass is 338 g/mol. The topological polar surface area (TPSA) is 46.5 Å². The Morgan fingerprint density at radius 1 is 1.35 bits per heavy atom. The molecule has 0 aliphatic heterocycles.